The van der Waals surface area contributed by atoms with Crippen molar-refractivity contribution in [2.45, 2.75) is 51.1 Å². The third kappa shape index (κ3) is 4.14. The fraction of sp³-hybridized carbons (Fsp3) is 0.667. The average Bonchev–Trinajstić information content (AvgIpc) is 3.15. The van der Waals surface area contributed by atoms with Crippen molar-refractivity contribution in [3.63, 3.8) is 0 Å². The molecule has 3 rings (SSSR count). The number of nitrogens with one attached hydrogen (secondary N) is 2. The van der Waals surface area contributed by atoms with Crippen LogP contribution in [0.15, 0.2) is 0 Å². The van der Waals surface area contributed by atoms with Crippen LogP contribution in [0.2, 0.25) is 0 Å². The third-order valence-electron chi connectivity index (χ3n) is 4.30. The zero-order valence-electron chi connectivity index (χ0n) is 12.9. The Balaban J connectivity index is 1.57. The summed E-state index contributed by atoms with van der Waals surface area (Å²) in [6.45, 7) is 1.23. The highest BCUT2D eigenvalue weighted by atomic mass is 35.5. The van der Waals surface area contributed by atoms with Crippen LogP contribution in [0, 0.1) is 0 Å². The molecule has 1 aliphatic heterocycles. The van der Waals surface area contributed by atoms with Gasteiger partial charge in [-0.2, -0.15) is 0 Å². The highest BCUT2D eigenvalue weighted by molar-refractivity contribution is 7.15. The van der Waals surface area contributed by atoms with E-state index in [1.807, 2.05) is 4.90 Å². The summed E-state index contributed by atoms with van der Waals surface area (Å²) in [5.74, 6) is 0.423. The van der Waals surface area contributed by atoms with Crippen LogP contribution in [0.4, 0.5) is 9.93 Å². The van der Waals surface area contributed by atoms with Gasteiger partial charge in [-0.25, -0.2) is 9.78 Å². The van der Waals surface area contributed by atoms with Crippen molar-refractivity contribution in [2.24, 2.45) is 0 Å². The standard InChI is InChI=1S/C15H21ClN4O2S/c16-7-5-13(21)20-8-6-11-12(9-20)23-15(18-11)19-14(22)17-10-3-1-2-4-10/h10H,1-9H2,(H2,17,18,19,22). The average molecular weight is 357 g/mol. The van der Waals surface area contributed by atoms with E-state index in [4.69, 9.17) is 11.6 Å². The van der Waals surface area contributed by atoms with Gasteiger partial charge in [0.05, 0.1) is 12.2 Å². The summed E-state index contributed by atoms with van der Waals surface area (Å²) in [7, 11) is 0. The predicted octanol–water partition coefficient (Wildman–Crippen LogP) is 2.72. The second-order valence-electron chi connectivity index (χ2n) is 5.97. The van der Waals surface area contributed by atoms with Crippen LogP contribution < -0.4 is 10.6 Å². The van der Waals surface area contributed by atoms with Gasteiger partial charge in [-0.1, -0.05) is 24.2 Å². The molecule has 2 N–H and O–H groups in total. The largest absolute Gasteiger partial charge is 0.337 e. The topological polar surface area (TPSA) is 74.3 Å². The van der Waals surface area contributed by atoms with Gasteiger partial charge < -0.3 is 10.2 Å². The molecule has 2 aliphatic rings. The number of alkyl halides is 1. The van der Waals surface area contributed by atoms with Gasteiger partial charge in [0.1, 0.15) is 0 Å². The first-order chi connectivity index (χ1) is 11.2. The Morgan fingerprint density at radius 1 is 1.35 bits per heavy atom. The number of urea groups is 1. The molecule has 1 saturated carbocycles. The van der Waals surface area contributed by atoms with Crippen LogP contribution in [0.3, 0.4) is 0 Å². The lowest BCUT2D eigenvalue weighted by Gasteiger charge is -2.25. The number of thiazole rings is 1. The molecule has 0 spiro atoms. The number of anilines is 1. The van der Waals surface area contributed by atoms with Crippen molar-refractivity contribution in [2.75, 3.05) is 17.7 Å². The number of carbonyl (C=O) groups is 2. The van der Waals surface area contributed by atoms with Gasteiger partial charge in [-0.3, -0.25) is 10.1 Å². The summed E-state index contributed by atoms with van der Waals surface area (Å²) in [5, 5.41) is 6.43. The summed E-state index contributed by atoms with van der Waals surface area (Å²) < 4.78 is 0. The van der Waals surface area contributed by atoms with Crippen molar-refractivity contribution in [1.82, 2.24) is 15.2 Å². The molecule has 1 aromatic heterocycles. The number of carbonyl (C=O) groups excluding carboxylic acids is 2. The molecular formula is C15H21ClN4O2S. The molecular weight excluding hydrogens is 336 g/mol. The van der Waals surface area contributed by atoms with Gasteiger partial charge in [0.25, 0.3) is 0 Å². The maximum Gasteiger partial charge on any atom is 0.321 e. The van der Waals surface area contributed by atoms with Crippen LogP contribution in [0.25, 0.3) is 0 Å². The van der Waals surface area contributed by atoms with Crippen LogP contribution in [0.1, 0.15) is 42.7 Å². The first-order valence-electron chi connectivity index (χ1n) is 8.05. The molecule has 23 heavy (non-hydrogen) atoms. The van der Waals surface area contributed by atoms with E-state index in [-0.39, 0.29) is 18.0 Å². The Labute approximate surface area is 144 Å². The predicted molar refractivity (Wildman–Crippen MR) is 91.0 cm³/mol. The molecule has 0 atom stereocenters. The van der Waals surface area contributed by atoms with Crippen molar-refractivity contribution in [3.05, 3.63) is 10.6 Å². The number of rotatable bonds is 4. The number of halogens is 1. The summed E-state index contributed by atoms with van der Waals surface area (Å²) in [5.41, 5.74) is 0.987. The number of nitrogens with zero attached hydrogens (tertiary/aromatic N) is 2. The molecule has 8 heteroatoms. The SMILES string of the molecule is O=C(Nc1nc2c(s1)CN(C(=O)CCCl)CC2)NC1CCCC1. The lowest BCUT2D eigenvalue weighted by atomic mass is 10.1. The number of amides is 3. The van der Waals surface area contributed by atoms with Crippen LogP contribution in [-0.4, -0.2) is 40.3 Å². The minimum Gasteiger partial charge on any atom is -0.337 e. The first-order valence-corrected chi connectivity index (χ1v) is 9.40. The summed E-state index contributed by atoms with van der Waals surface area (Å²) in [4.78, 5) is 31.3. The molecule has 0 saturated heterocycles. The molecule has 0 radical (unpaired) electrons. The van der Waals surface area contributed by atoms with Crippen LogP contribution >= 0.6 is 22.9 Å². The molecule has 0 unspecified atom stereocenters. The summed E-state index contributed by atoms with van der Waals surface area (Å²) in [6.07, 6.45) is 5.57. The van der Waals surface area contributed by atoms with Gasteiger partial charge in [0, 0.05) is 36.2 Å². The lowest BCUT2D eigenvalue weighted by molar-refractivity contribution is -0.131. The van der Waals surface area contributed by atoms with E-state index in [1.54, 1.807) is 0 Å². The number of hydrogen-bond donors (Lipinski definition) is 2. The van der Waals surface area contributed by atoms with Crippen molar-refractivity contribution < 1.29 is 9.59 Å². The highest BCUT2D eigenvalue weighted by Crippen LogP contribution is 2.28. The second-order valence-corrected chi connectivity index (χ2v) is 7.43. The third-order valence-corrected chi connectivity index (χ3v) is 5.49. The van der Waals surface area contributed by atoms with Crippen LogP contribution in [-0.2, 0) is 17.8 Å². The zero-order chi connectivity index (χ0) is 16.2. The minimum atomic E-state index is -0.182. The Morgan fingerprint density at radius 3 is 2.87 bits per heavy atom. The maximum absolute atomic E-state index is 12.0. The normalized spacial score (nSPS) is 17.9. The van der Waals surface area contributed by atoms with E-state index < -0.39 is 0 Å². The molecule has 3 amide bonds. The molecule has 0 aromatic carbocycles. The quantitative estimate of drug-likeness (QED) is 0.814. The maximum atomic E-state index is 12.0. The molecule has 0 bridgehead atoms. The zero-order valence-corrected chi connectivity index (χ0v) is 14.5. The Hall–Kier alpha value is -1.34. The molecule has 126 valence electrons. The van der Waals surface area contributed by atoms with Gasteiger partial charge in [0.2, 0.25) is 5.91 Å². The van der Waals surface area contributed by atoms with E-state index >= 15 is 0 Å². The van der Waals surface area contributed by atoms with Crippen molar-refractivity contribution in [1.29, 1.82) is 0 Å². The number of aromatic nitrogens is 1. The molecule has 1 aliphatic carbocycles. The highest BCUT2D eigenvalue weighted by Gasteiger charge is 2.24. The fourth-order valence-electron chi connectivity index (χ4n) is 3.09. The molecule has 2 heterocycles. The van der Waals surface area contributed by atoms with E-state index in [2.05, 4.69) is 15.6 Å². The summed E-state index contributed by atoms with van der Waals surface area (Å²) in [6, 6.07) is 0.103. The Kier molecular flexibility index (Phi) is 5.38. The van der Waals surface area contributed by atoms with E-state index in [0.29, 0.717) is 30.5 Å². The fourth-order valence-corrected chi connectivity index (χ4v) is 4.27. The molecule has 6 nitrogen and oxygen atoms in total. The second kappa shape index (κ2) is 7.49. The smallest absolute Gasteiger partial charge is 0.321 e. The minimum absolute atomic E-state index is 0.0764. The van der Waals surface area contributed by atoms with Gasteiger partial charge in [0.15, 0.2) is 5.13 Å². The van der Waals surface area contributed by atoms with Gasteiger partial charge in [-0.15, -0.1) is 11.6 Å². The Morgan fingerprint density at radius 2 is 2.13 bits per heavy atom. The monoisotopic (exact) mass is 356 g/mol. The van der Waals surface area contributed by atoms with Crippen molar-refractivity contribution >= 4 is 40.0 Å². The lowest BCUT2D eigenvalue weighted by Crippen LogP contribution is -2.36. The number of hydrogen-bond acceptors (Lipinski definition) is 4. The van der Waals surface area contributed by atoms with E-state index in [9.17, 15) is 9.59 Å². The van der Waals surface area contributed by atoms with E-state index in [0.717, 1.165) is 29.8 Å². The first kappa shape index (κ1) is 16.5. The van der Waals surface area contributed by atoms with Gasteiger partial charge >= 0.3 is 6.03 Å². The molecule has 1 fully saturated rings. The van der Waals surface area contributed by atoms with E-state index in [1.165, 1.54) is 24.2 Å². The van der Waals surface area contributed by atoms with Crippen molar-refractivity contribution in [3.8, 4) is 0 Å². The van der Waals surface area contributed by atoms with Gasteiger partial charge in [-0.05, 0) is 12.8 Å². The Bertz CT molecular complexity index is 586. The number of fused-ring (bicyclic) bond motifs is 1. The molecule has 1 aromatic rings. The van der Waals surface area contributed by atoms with Crippen LogP contribution in [0.5, 0.6) is 0 Å². The summed E-state index contributed by atoms with van der Waals surface area (Å²) >= 11 is 7.09.